The van der Waals surface area contributed by atoms with Gasteiger partial charge in [-0.15, -0.1) is 0 Å². The second-order valence-corrected chi connectivity index (χ2v) is 6.65. The highest BCUT2D eigenvalue weighted by Crippen LogP contribution is 2.29. The van der Waals surface area contributed by atoms with Gasteiger partial charge in [0.2, 0.25) is 5.91 Å². The summed E-state index contributed by atoms with van der Waals surface area (Å²) in [6.45, 7) is 5.20. The summed E-state index contributed by atoms with van der Waals surface area (Å²) >= 11 is 3.44. The number of likely N-dealkylation sites (tertiary alicyclic amines) is 1. The number of halogens is 1. The Kier molecular flexibility index (Phi) is 4.10. The van der Waals surface area contributed by atoms with Gasteiger partial charge in [0.1, 0.15) is 0 Å². The average molecular weight is 310 g/mol. The largest absolute Gasteiger partial charge is 0.337 e. The summed E-state index contributed by atoms with van der Waals surface area (Å²) in [5.41, 5.74) is 1.28. The number of rotatable bonds is 4. The van der Waals surface area contributed by atoms with Crippen LogP contribution in [0.4, 0.5) is 0 Å². The maximum atomic E-state index is 12.0. The topological polar surface area (TPSA) is 20.3 Å². The van der Waals surface area contributed by atoms with Crippen LogP contribution in [0.15, 0.2) is 30.3 Å². The van der Waals surface area contributed by atoms with E-state index in [0.717, 1.165) is 25.8 Å². The van der Waals surface area contributed by atoms with Crippen molar-refractivity contribution in [2.75, 3.05) is 6.54 Å². The normalized spacial score (nSPS) is 20.5. The molecule has 2 nitrogen and oxygen atoms in total. The highest BCUT2D eigenvalue weighted by molar-refractivity contribution is 9.10. The van der Waals surface area contributed by atoms with Gasteiger partial charge in [-0.2, -0.15) is 0 Å². The predicted octanol–water partition coefficient (Wildman–Crippen LogP) is 3.39. The molecule has 0 N–H and O–H groups in total. The molecule has 18 heavy (non-hydrogen) atoms. The van der Waals surface area contributed by atoms with E-state index >= 15 is 0 Å². The Balaban J connectivity index is 1.97. The Morgan fingerprint density at radius 1 is 1.33 bits per heavy atom. The molecule has 0 bridgehead atoms. The van der Waals surface area contributed by atoms with Crippen molar-refractivity contribution in [2.24, 2.45) is 0 Å². The first-order valence-electron chi connectivity index (χ1n) is 6.50. The lowest BCUT2D eigenvalue weighted by Gasteiger charge is -2.36. The molecular formula is C15H20BrNO. The average Bonchev–Trinajstić information content (AvgIpc) is 2.70. The number of carbonyl (C=O) groups excluding carboxylic acids is 1. The number of alkyl halides is 1. The van der Waals surface area contributed by atoms with Crippen molar-refractivity contribution in [3.8, 4) is 0 Å². The fourth-order valence-corrected chi connectivity index (χ4v) is 2.93. The fraction of sp³-hybridized carbons (Fsp3) is 0.533. The van der Waals surface area contributed by atoms with Crippen molar-refractivity contribution in [2.45, 2.75) is 43.5 Å². The summed E-state index contributed by atoms with van der Waals surface area (Å²) < 4.78 is 0. The molecule has 2 rings (SSSR count). The van der Waals surface area contributed by atoms with Gasteiger partial charge in [-0.3, -0.25) is 4.79 Å². The molecule has 1 atom stereocenters. The number of nitrogens with zero attached hydrogens (tertiary/aromatic N) is 1. The standard InChI is InChI=1S/C15H20BrNO/c1-15(2,17-11-9-13(16)14(17)18)10-8-12-6-4-3-5-7-12/h3-7,13H,8-11H2,1-2H3. The van der Waals surface area contributed by atoms with E-state index in [4.69, 9.17) is 0 Å². The monoisotopic (exact) mass is 309 g/mol. The van der Waals surface area contributed by atoms with Crippen molar-refractivity contribution in [1.82, 2.24) is 4.90 Å². The van der Waals surface area contributed by atoms with Crippen LogP contribution in [0, 0.1) is 0 Å². The molecule has 0 aliphatic carbocycles. The Morgan fingerprint density at radius 2 is 2.00 bits per heavy atom. The van der Waals surface area contributed by atoms with E-state index in [9.17, 15) is 4.79 Å². The van der Waals surface area contributed by atoms with Crippen molar-refractivity contribution in [1.29, 1.82) is 0 Å². The maximum Gasteiger partial charge on any atom is 0.236 e. The van der Waals surface area contributed by atoms with Crippen LogP contribution in [0.3, 0.4) is 0 Å². The molecule has 0 radical (unpaired) electrons. The van der Waals surface area contributed by atoms with E-state index in [1.807, 2.05) is 11.0 Å². The maximum absolute atomic E-state index is 12.0. The molecule has 1 amide bonds. The van der Waals surface area contributed by atoms with Crippen LogP contribution in [0.5, 0.6) is 0 Å². The Hall–Kier alpha value is -0.830. The molecule has 1 aromatic rings. The third-order valence-corrected chi connectivity index (χ3v) is 4.59. The smallest absolute Gasteiger partial charge is 0.236 e. The summed E-state index contributed by atoms with van der Waals surface area (Å²) in [5, 5.41) is 0. The molecule has 1 aliphatic heterocycles. The quantitative estimate of drug-likeness (QED) is 0.781. The first-order chi connectivity index (χ1) is 8.50. The van der Waals surface area contributed by atoms with E-state index in [-0.39, 0.29) is 16.3 Å². The van der Waals surface area contributed by atoms with Gasteiger partial charge in [0, 0.05) is 12.1 Å². The highest BCUT2D eigenvalue weighted by atomic mass is 79.9. The lowest BCUT2D eigenvalue weighted by molar-refractivity contribution is -0.131. The van der Waals surface area contributed by atoms with Crippen LogP contribution in [-0.4, -0.2) is 27.7 Å². The van der Waals surface area contributed by atoms with Crippen molar-refractivity contribution in [3.63, 3.8) is 0 Å². The minimum Gasteiger partial charge on any atom is -0.337 e. The van der Waals surface area contributed by atoms with Gasteiger partial charge < -0.3 is 4.90 Å². The molecule has 1 heterocycles. The zero-order chi connectivity index (χ0) is 13.2. The second kappa shape index (κ2) is 5.43. The van der Waals surface area contributed by atoms with Crippen molar-refractivity contribution < 1.29 is 4.79 Å². The molecule has 1 unspecified atom stereocenters. The minimum atomic E-state index is -0.0601. The third kappa shape index (κ3) is 2.94. The van der Waals surface area contributed by atoms with Crippen LogP contribution in [-0.2, 0) is 11.2 Å². The van der Waals surface area contributed by atoms with E-state index < -0.39 is 0 Å². The number of hydrogen-bond acceptors (Lipinski definition) is 1. The van der Waals surface area contributed by atoms with E-state index in [2.05, 4.69) is 54.0 Å². The SMILES string of the molecule is CC(C)(CCc1ccccc1)N1CCC(Br)C1=O. The summed E-state index contributed by atoms with van der Waals surface area (Å²) in [7, 11) is 0. The Bertz CT molecular complexity index is 416. The summed E-state index contributed by atoms with van der Waals surface area (Å²) in [6.07, 6.45) is 2.95. The fourth-order valence-electron chi connectivity index (χ4n) is 2.48. The molecule has 98 valence electrons. The van der Waals surface area contributed by atoms with Gasteiger partial charge in [0.05, 0.1) is 4.83 Å². The van der Waals surface area contributed by atoms with E-state index in [1.54, 1.807) is 0 Å². The summed E-state index contributed by atoms with van der Waals surface area (Å²) in [5.74, 6) is 0.244. The zero-order valence-corrected chi connectivity index (χ0v) is 12.6. The number of hydrogen-bond donors (Lipinski definition) is 0. The molecule has 1 saturated heterocycles. The van der Waals surface area contributed by atoms with Crippen LogP contribution >= 0.6 is 15.9 Å². The van der Waals surface area contributed by atoms with Gasteiger partial charge in [-0.25, -0.2) is 0 Å². The molecule has 3 heteroatoms. The van der Waals surface area contributed by atoms with Crippen LogP contribution in [0.2, 0.25) is 0 Å². The summed E-state index contributed by atoms with van der Waals surface area (Å²) in [6, 6.07) is 10.5. The first kappa shape index (κ1) is 13.6. The molecule has 0 spiro atoms. The second-order valence-electron chi connectivity index (χ2n) is 5.54. The van der Waals surface area contributed by atoms with Crippen molar-refractivity contribution >= 4 is 21.8 Å². The van der Waals surface area contributed by atoms with Crippen molar-refractivity contribution in [3.05, 3.63) is 35.9 Å². The Morgan fingerprint density at radius 3 is 2.56 bits per heavy atom. The van der Waals surface area contributed by atoms with Gasteiger partial charge >= 0.3 is 0 Å². The van der Waals surface area contributed by atoms with E-state index in [0.29, 0.717) is 0 Å². The molecular weight excluding hydrogens is 290 g/mol. The molecule has 1 aliphatic rings. The number of carbonyl (C=O) groups is 1. The zero-order valence-electron chi connectivity index (χ0n) is 11.0. The van der Waals surface area contributed by atoms with Crippen LogP contribution in [0.1, 0.15) is 32.3 Å². The molecule has 1 fully saturated rings. The van der Waals surface area contributed by atoms with Crippen LogP contribution in [0.25, 0.3) is 0 Å². The molecule has 0 saturated carbocycles. The van der Waals surface area contributed by atoms with Crippen LogP contribution < -0.4 is 0 Å². The lowest BCUT2D eigenvalue weighted by atomic mass is 9.93. The Labute approximate surface area is 117 Å². The number of aryl methyl sites for hydroxylation is 1. The third-order valence-electron chi connectivity index (χ3n) is 3.74. The minimum absolute atomic E-state index is 0.0218. The van der Waals surface area contributed by atoms with Gasteiger partial charge in [-0.1, -0.05) is 46.3 Å². The van der Waals surface area contributed by atoms with E-state index in [1.165, 1.54) is 5.56 Å². The number of amides is 1. The molecule has 0 aromatic heterocycles. The highest BCUT2D eigenvalue weighted by Gasteiger charge is 2.38. The van der Waals surface area contributed by atoms with Gasteiger partial charge in [0.25, 0.3) is 0 Å². The lowest BCUT2D eigenvalue weighted by Crippen LogP contribution is -2.46. The first-order valence-corrected chi connectivity index (χ1v) is 7.42. The van der Waals surface area contributed by atoms with Gasteiger partial charge in [-0.05, 0) is 38.7 Å². The summed E-state index contributed by atoms with van der Waals surface area (Å²) in [4.78, 5) is 14.1. The predicted molar refractivity (Wildman–Crippen MR) is 77.9 cm³/mol. The number of benzene rings is 1. The molecule has 1 aromatic carbocycles. The van der Waals surface area contributed by atoms with Gasteiger partial charge in [0.15, 0.2) is 0 Å².